The summed E-state index contributed by atoms with van der Waals surface area (Å²) >= 11 is 0. The van der Waals surface area contributed by atoms with E-state index in [4.69, 9.17) is 0 Å². The molecular formula is C15H14O2. The summed E-state index contributed by atoms with van der Waals surface area (Å²) < 4.78 is 0. The number of ketones is 2. The molecule has 2 heteroatoms. The summed E-state index contributed by atoms with van der Waals surface area (Å²) in [6.07, 6.45) is 4.64. The van der Waals surface area contributed by atoms with Gasteiger partial charge in [0.2, 0.25) is 0 Å². The fraction of sp³-hybridized carbons (Fsp3) is 0.200. The van der Waals surface area contributed by atoms with Gasteiger partial charge in [0.15, 0.2) is 11.6 Å². The molecule has 2 rings (SSSR count). The summed E-state index contributed by atoms with van der Waals surface area (Å²) in [5.74, 6) is -0.168. The number of carbonyl (C=O) groups excluding carboxylic acids is 2. The third-order valence-electron chi connectivity index (χ3n) is 3.04. The Balaban J connectivity index is 2.33. The number of hydrogen-bond donors (Lipinski definition) is 0. The van der Waals surface area contributed by atoms with Gasteiger partial charge in [0.25, 0.3) is 0 Å². The molecule has 0 aliphatic heterocycles. The highest BCUT2D eigenvalue weighted by Gasteiger charge is 2.15. The Labute approximate surface area is 101 Å². The molecule has 86 valence electrons. The lowest BCUT2D eigenvalue weighted by Crippen LogP contribution is -2.11. The van der Waals surface area contributed by atoms with Crippen LogP contribution in [0.1, 0.15) is 16.7 Å². The normalized spacial score (nSPS) is 15.1. The van der Waals surface area contributed by atoms with E-state index in [1.54, 1.807) is 0 Å². The second-order valence-electron chi connectivity index (χ2n) is 4.32. The highest BCUT2D eigenvalue weighted by atomic mass is 16.1. The first kappa shape index (κ1) is 11.5. The number of hydrogen-bond acceptors (Lipinski definition) is 2. The van der Waals surface area contributed by atoms with Crippen molar-refractivity contribution in [2.24, 2.45) is 0 Å². The van der Waals surface area contributed by atoms with E-state index in [1.807, 2.05) is 32.0 Å². The van der Waals surface area contributed by atoms with Gasteiger partial charge < -0.3 is 0 Å². The van der Waals surface area contributed by atoms with Gasteiger partial charge in [-0.25, -0.2) is 0 Å². The highest BCUT2D eigenvalue weighted by molar-refractivity contribution is 6.17. The van der Waals surface area contributed by atoms with Gasteiger partial charge in [-0.15, -0.1) is 0 Å². The van der Waals surface area contributed by atoms with Crippen LogP contribution in [0, 0.1) is 13.8 Å². The molecule has 2 nitrogen and oxygen atoms in total. The van der Waals surface area contributed by atoms with Crippen molar-refractivity contribution in [2.75, 3.05) is 0 Å². The molecule has 0 aromatic heterocycles. The zero-order valence-corrected chi connectivity index (χ0v) is 9.99. The molecular weight excluding hydrogens is 212 g/mol. The standard InChI is InChI=1S/C15H14O2/c1-10-4-3-5-11(2)14(10)9-12-8-13(16)6-7-15(12)17/h3-8H,9H2,1-2H3. The third-order valence-corrected chi connectivity index (χ3v) is 3.04. The predicted molar refractivity (Wildman–Crippen MR) is 66.9 cm³/mol. The molecule has 1 aromatic rings. The summed E-state index contributed by atoms with van der Waals surface area (Å²) in [6, 6.07) is 6.04. The fourth-order valence-corrected chi connectivity index (χ4v) is 2.01. The Morgan fingerprint density at radius 2 is 1.65 bits per heavy atom. The van der Waals surface area contributed by atoms with E-state index < -0.39 is 0 Å². The molecule has 0 unspecified atom stereocenters. The molecule has 0 N–H and O–H groups in total. The summed E-state index contributed by atoms with van der Waals surface area (Å²) in [4.78, 5) is 22.9. The maximum Gasteiger partial charge on any atom is 0.182 e. The van der Waals surface area contributed by atoms with E-state index in [1.165, 1.54) is 18.2 Å². The summed E-state index contributed by atoms with van der Waals surface area (Å²) in [6.45, 7) is 4.04. The Bertz CT molecular complexity index is 528. The van der Waals surface area contributed by atoms with Crippen LogP contribution in [-0.2, 0) is 16.0 Å². The van der Waals surface area contributed by atoms with Crippen molar-refractivity contribution in [3.8, 4) is 0 Å². The summed E-state index contributed by atoms with van der Waals surface area (Å²) in [7, 11) is 0. The topological polar surface area (TPSA) is 34.1 Å². The van der Waals surface area contributed by atoms with Crippen molar-refractivity contribution in [3.05, 3.63) is 58.7 Å². The Hall–Kier alpha value is -1.96. The SMILES string of the molecule is Cc1cccc(C)c1CC1=CC(=O)C=CC1=O. The average molecular weight is 226 g/mol. The number of aryl methyl sites for hydroxylation is 2. The van der Waals surface area contributed by atoms with Crippen molar-refractivity contribution < 1.29 is 9.59 Å². The lowest BCUT2D eigenvalue weighted by atomic mass is 9.92. The van der Waals surface area contributed by atoms with E-state index in [2.05, 4.69) is 0 Å². The zero-order chi connectivity index (χ0) is 12.4. The van der Waals surface area contributed by atoms with E-state index in [0.29, 0.717) is 12.0 Å². The summed E-state index contributed by atoms with van der Waals surface area (Å²) in [5, 5.41) is 0. The van der Waals surface area contributed by atoms with Gasteiger partial charge in [-0.2, -0.15) is 0 Å². The van der Waals surface area contributed by atoms with Crippen LogP contribution in [0.5, 0.6) is 0 Å². The number of benzene rings is 1. The van der Waals surface area contributed by atoms with E-state index >= 15 is 0 Å². The Morgan fingerprint density at radius 1 is 1.00 bits per heavy atom. The van der Waals surface area contributed by atoms with Crippen LogP contribution < -0.4 is 0 Å². The lowest BCUT2D eigenvalue weighted by molar-refractivity contribution is -0.114. The minimum atomic E-state index is -0.106. The van der Waals surface area contributed by atoms with Gasteiger partial charge in [-0.1, -0.05) is 18.2 Å². The van der Waals surface area contributed by atoms with E-state index in [-0.39, 0.29) is 11.6 Å². The monoisotopic (exact) mass is 226 g/mol. The average Bonchev–Trinajstić information content (AvgIpc) is 2.28. The van der Waals surface area contributed by atoms with Gasteiger partial charge in [0.05, 0.1) is 0 Å². The van der Waals surface area contributed by atoms with Crippen LogP contribution in [-0.4, -0.2) is 11.6 Å². The van der Waals surface area contributed by atoms with Crippen molar-refractivity contribution in [1.29, 1.82) is 0 Å². The van der Waals surface area contributed by atoms with Crippen molar-refractivity contribution in [1.82, 2.24) is 0 Å². The molecule has 0 spiro atoms. The summed E-state index contributed by atoms with van der Waals surface area (Å²) in [5.41, 5.74) is 4.02. The molecule has 0 bridgehead atoms. The molecule has 0 radical (unpaired) electrons. The van der Waals surface area contributed by atoms with E-state index in [9.17, 15) is 9.59 Å². The molecule has 1 aliphatic rings. The number of carbonyl (C=O) groups is 2. The van der Waals surface area contributed by atoms with Gasteiger partial charge >= 0.3 is 0 Å². The quantitative estimate of drug-likeness (QED) is 0.726. The molecule has 17 heavy (non-hydrogen) atoms. The number of rotatable bonds is 2. The van der Waals surface area contributed by atoms with Crippen LogP contribution >= 0.6 is 0 Å². The van der Waals surface area contributed by atoms with Crippen molar-refractivity contribution >= 4 is 11.6 Å². The maximum absolute atomic E-state index is 11.7. The highest BCUT2D eigenvalue weighted by Crippen LogP contribution is 2.19. The van der Waals surface area contributed by atoms with Crippen molar-refractivity contribution in [3.63, 3.8) is 0 Å². The first-order valence-electron chi connectivity index (χ1n) is 5.60. The van der Waals surface area contributed by atoms with Gasteiger partial charge in [0.1, 0.15) is 0 Å². The van der Waals surface area contributed by atoms with Gasteiger partial charge in [-0.05, 0) is 48.8 Å². The van der Waals surface area contributed by atoms with Crippen LogP contribution in [0.4, 0.5) is 0 Å². The van der Waals surface area contributed by atoms with E-state index in [0.717, 1.165) is 16.7 Å². The minimum Gasteiger partial charge on any atom is -0.290 e. The van der Waals surface area contributed by atoms with Crippen LogP contribution in [0.15, 0.2) is 42.0 Å². The fourth-order valence-electron chi connectivity index (χ4n) is 2.01. The third kappa shape index (κ3) is 2.41. The molecule has 0 heterocycles. The largest absolute Gasteiger partial charge is 0.290 e. The molecule has 1 aromatic carbocycles. The molecule has 0 saturated carbocycles. The van der Waals surface area contributed by atoms with Crippen LogP contribution in [0.3, 0.4) is 0 Å². The van der Waals surface area contributed by atoms with Crippen LogP contribution in [0.25, 0.3) is 0 Å². The first-order valence-corrected chi connectivity index (χ1v) is 5.60. The Morgan fingerprint density at radius 3 is 2.29 bits per heavy atom. The molecule has 0 amide bonds. The first-order chi connectivity index (χ1) is 8.08. The molecule has 0 fully saturated rings. The zero-order valence-electron chi connectivity index (χ0n) is 9.99. The lowest BCUT2D eigenvalue weighted by Gasteiger charge is -2.12. The number of allylic oxidation sites excluding steroid dienone is 4. The minimum absolute atomic E-state index is 0.0627. The second kappa shape index (κ2) is 4.50. The predicted octanol–water partition coefficient (Wildman–Crippen LogP) is 2.48. The maximum atomic E-state index is 11.7. The molecule has 0 saturated heterocycles. The second-order valence-corrected chi connectivity index (χ2v) is 4.32. The van der Waals surface area contributed by atoms with Gasteiger partial charge in [-0.3, -0.25) is 9.59 Å². The van der Waals surface area contributed by atoms with Crippen molar-refractivity contribution in [2.45, 2.75) is 20.3 Å². The smallest absolute Gasteiger partial charge is 0.182 e. The molecule has 1 aliphatic carbocycles. The Kier molecular flexibility index (Phi) is 3.05. The van der Waals surface area contributed by atoms with Gasteiger partial charge in [0, 0.05) is 12.0 Å². The molecule has 0 atom stereocenters. The van der Waals surface area contributed by atoms with Crippen LogP contribution in [0.2, 0.25) is 0 Å².